The molecule has 210 valence electrons. The van der Waals surface area contributed by atoms with Crippen molar-refractivity contribution < 1.29 is 22.7 Å². The number of carbonyl (C=O) groups excluding carboxylic acids is 1. The van der Waals surface area contributed by atoms with Crippen LogP contribution in [0.4, 0.5) is 19.0 Å². The normalized spacial score (nSPS) is 15.5. The summed E-state index contributed by atoms with van der Waals surface area (Å²) in [5, 5.41) is 14.5. The van der Waals surface area contributed by atoms with Gasteiger partial charge in [-0.05, 0) is 43.0 Å². The van der Waals surface area contributed by atoms with E-state index in [9.17, 15) is 18.8 Å². The summed E-state index contributed by atoms with van der Waals surface area (Å²) in [6, 6.07) is 8.70. The average molecular weight is 562 g/mol. The van der Waals surface area contributed by atoms with Gasteiger partial charge in [0.1, 0.15) is 41.0 Å². The average Bonchev–Trinajstić information content (AvgIpc) is 3.55. The molecule has 1 amide bonds. The number of nitrogens with two attached hydrogens (primary N) is 1. The number of fused-ring (bicyclic) bond motifs is 1. The predicted octanol–water partition coefficient (Wildman–Crippen LogP) is 5.38. The maximum atomic E-state index is 15.4. The highest BCUT2D eigenvalue weighted by Crippen LogP contribution is 2.35. The lowest BCUT2D eigenvalue weighted by Gasteiger charge is -2.24. The zero-order valence-corrected chi connectivity index (χ0v) is 22.3. The van der Waals surface area contributed by atoms with Crippen molar-refractivity contribution in [3.8, 4) is 28.8 Å². The molecule has 2 N–H and O–H groups in total. The van der Waals surface area contributed by atoms with Gasteiger partial charge in [0.05, 0.1) is 18.0 Å². The van der Waals surface area contributed by atoms with Crippen LogP contribution in [0.3, 0.4) is 0 Å². The molecule has 4 aromatic rings. The lowest BCUT2D eigenvalue weighted by molar-refractivity contribution is -0.127. The van der Waals surface area contributed by atoms with Gasteiger partial charge in [-0.15, -0.1) is 0 Å². The number of likely N-dealkylation sites (tertiary alicyclic amines) is 1. The van der Waals surface area contributed by atoms with E-state index in [1.54, 1.807) is 15.7 Å². The van der Waals surface area contributed by atoms with Gasteiger partial charge in [-0.1, -0.05) is 26.0 Å². The van der Waals surface area contributed by atoms with Crippen molar-refractivity contribution in [1.29, 1.82) is 5.26 Å². The molecule has 0 radical (unpaired) electrons. The molecule has 0 aliphatic carbocycles. The second-order valence-electron chi connectivity index (χ2n) is 10.0. The molecule has 9 nitrogen and oxygen atoms in total. The first-order valence-electron chi connectivity index (χ1n) is 13.0. The zero-order chi connectivity index (χ0) is 29.3. The van der Waals surface area contributed by atoms with E-state index in [1.165, 1.54) is 24.5 Å². The fourth-order valence-electron chi connectivity index (χ4n) is 4.93. The third-order valence-electron chi connectivity index (χ3n) is 6.77. The lowest BCUT2D eigenvalue weighted by Crippen LogP contribution is -2.39. The minimum absolute atomic E-state index is 0.0318. The van der Waals surface area contributed by atoms with Crippen molar-refractivity contribution in [2.45, 2.75) is 39.3 Å². The van der Waals surface area contributed by atoms with Crippen LogP contribution in [0.15, 0.2) is 54.4 Å². The molecule has 2 aromatic carbocycles. The highest BCUT2D eigenvalue weighted by Gasteiger charge is 2.32. The largest absolute Gasteiger partial charge is 0.451 e. The van der Waals surface area contributed by atoms with Gasteiger partial charge in [0.15, 0.2) is 23.0 Å². The molecule has 0 spiro atoms. The number of benzene rings is 2. The van der Waals surface area contributed by atoms with E-state index < -0.39 is 23.2 Å². The number of allylic oxidation sites excluding steroid dienone is 1. The second kappa shape index (κ2) is 11.3. The topological polar surface area (TPSA) is 123 Å². The van der Waals surface area contributed by atoms with E-state index in [0.717, 1.165) is 24.6 Å². The van der Waals surface area contributed by atoms with Crippen LogP contribution in [0.5, 0.6) is 11.5 Å². The second-order valence-corrected chi connectivity index (χ2v) is 10.0. The number of rotatable bonds is 7. The Morgan fingerprint density at radius 1 is 1.20 bits per heavy atom. The molecule has 12 heteroatoms. The number of aromatic nitrogens is 4. The van der Waals surface area contributed by atoms with Crippen molar-refractivity contribution in [1.82, 2.24) is 24.6 Å². The Kier molecular flexibility index (Phi) is 7.61. The summed E-state index contributed by atoms with van der Waals surface area (Å²) in [4.78, 5) is 23.2. The molecule has 41 heavy (non-hydrogen) atoms. The third kappa shape index (κ3) is 5.43. The number of amides is 1. The number of hydrogen-bond acceptors (Lipinski definition) is 7. The van der Waals surface area contributed by atoms with Crippen molar-refractivity contribution in [3.63, 3.8) is 0 Å². The standard InChI is InChI=1S/C29H26F3N7O2/c1-16(2)11-17(13-33)29(40)38-10-4-5-18(38)14-39-28-24(27(34)35-15-36-28)25(37-39)20-9-8-19(12-23(20)32)41-26-21(30)6-3-7-22(26)31/h3,6-9,11-12,15-16,18H,4-5,10,14H2,1-2H3,(H2,34,35,36)/b17-11+/t18-/m0/s1. The molecule has 0 saturated carbocycles. The third-order valence-corrected chi connectivity index (χ3v) is 6.77. The van der Waals surface area contributed by atoms with Crippen molar-refractivity contribution >= 4 is 22.8 Å². The van der Waals surface area contributed by atoms with Gasteiger partial charge in [0.25, 0.3) is 5.91 Å². The molecular formula is C29H26F3N7O2. The van der Waals surface area contributed by atoms with Gasteiger partial charge in [0, 0.05) is 18.2 Å². The van der Waals surface area contributed by atoms with Crippen LogP contribution in [0, 0.1) is 34.7 Å². The summed E-state index contributed by atoms with van der Waals surface area (Å²) in [6.45, 7) is 4.50. The Labute approximate surface area is 233 Å². The maximum Gasteiger partial charge on any atom is 0.264 e. The molecule has 5 rings (SSSR count). The van der Waals surface area contributed by atoms with Gasteiger partial charge < -0.3 is 15.4 Å². The first-order valence-corrected chi connectivity index (χ1v) is 13.0. The summed E-state index contributed by atoms with van der Waals surface area (Å²) < 4.78 is 50.3. The zero-order valence-electron chi connectivity index (χ0n) is 22.3. The SMILES string of the molecule is CC(C)/C=C(\C#N)C(=O)N1CCC[C@H]1Cn1nc(-c2ccc(Oc3c(F)cccc3F)cc2F)c2c(N)ncnc21. The number of nitrogens with zero attached hydrogens (tertiary/aromatic N) is 6. The molecule has 1 fully saturated rings. The lowest BCUT2D eigenvalue weighted by atomic mass is 10.1. The van der Waals surface area contributed by atoms with E-state index in [2.05, 4.69) is 15.1 Å². The first-order chi connectivity index (χ1) is 19.7. The minimum atomic E-state index is -0.926. The Balaban J connectivity index is 1.49. The Bertz CT molecular complexity index is 1690. The Morgan fingerprint density at radius 3 is 2.63 bits per heavy atom. The number of carbonyl (C=O) groups is 1. The Hall–Kier alpha value is -4.92. The number of halogens is 3. The highest BCUT2D eigenvalue weighted by molar-refractivity contribution is 5.99. The summed E-state index contributed by atoms with van der Waals surface area (Å²) in [5.74, 6) is -3.63. The number of ether oxygens (including phenoxy) is 1. The van der Waals surface area contributed by atoms with Gasteiger partial charge in [0.2, 0.25) is 0 Å². The van der Waals surface area contributed by atoms with Crippen molar-refractivity contribution in [3.05, 3.63) is 71.8 Å². The van der Waals surface area contributed by atoms with Gasteiger partial charge >= 0.3 is 0 Å². The van der Waals surface area contributed by atoms with Crippen LogP contribution in [-0.2, 0) is 11.3 Å². The van der Waals surface area contributed by atoms with Crippen LogP contribution in [0.2, 0.25) is 0 Å². The summed E-state index contributed by atoms with van der Waals surface area (Å²) in [7, 11) is 0. The Morgan fingerprint density at radius 2 is 1.95 bits per heavy atom. The molecule has 1 saturated heterocycles. The molecule has 1 aliphatic rings. The highest BCUT2D eigenvalue weighted by atomic mass is 19.1. The van der Waals surface area contributed by atoms with Crippen molar-refractivity contribution in [2.75, 3.05) is 12.3 Å². The molecule has 0 bridgehead atoms. The molecular weight excluding hydrogens is 535 g/mol. The van der Waals surface area contributed by atoms with Crippen LogP contribution >= 0.6 is 0 Å². The summed E-state index contributed by atoms with van der Waals surface area (Å²) in [6.07, 6.45) is 4.34. The van der Waals surface area contributed by atoms with E-state index >= 15 is 4.39 Å². The maximum absolute atomic E-state index is 15.4. The minimum Gasteiger partial charge on any atom is -0.451 e. The van der Waals surface area contributed by atoms with Crippen molar-refractivity contribution in [2.24, 2.45) is 5.92 Å². The number of nitriles is 1. The number of nitrogen functional groups attached to an aromatic ring is 1. The van der Waals surface area contributed by atoms with Gasteiger partial charge in [-0.3, -0.25) is 4.79 Å². The van der Waals surface area contributed by atoms with Gasteiger partial charge in [-0.2, -0.15) is 10.4 Å². The monoisotopic (exact) mass is 561 g/mol. The quantitative estimate of drug-likeness (QED) is 0.237. The number of para-hydroxylation sites is 1. The molecule has 1 aliphatic heterocycles. The van der Waals surface area contributed by atoms with Crippen LogP contribution in [0.1, 0.15) is 26.7 Å². The van der Waals surface area contributed by atoms with E-state index in [1.807, 2.05) is 19.9 Å². The van der Waals surface area contributed by atoms with Gasteiger partial charge in [-0.25, -0.2) is 27.8 Å². The number of anilines is 1. The smallest absolute Gasteiger partial charge is 0.264 e. The van der Waals surface area contributed by atoms with Crippen LogP contribution in [0.25, 0.3) is 22.3 Å². The molecule has 0 unspecified atom stereocenters. The van der Waals surface area contributed by atoms with E-state index in [0.29, 0.717) is 24.0 Å². The first kappa shape index (κ1) is 27.6. The summed E-state index contributed by atoms with van der Waals surface area (Å²) in [5.41, 5.74) is 6.80. The fraction of sp³-hybridized carbons (Fsp3) is 0.276. The summed E-state index contributed by atoms with van der Waals surface area (Å²) >= 11 is 0. The van der Waals surface area contributed by atoms with E-state index in [4.69, 9.17) is 10.5 Å². The van der Waals surface area contributed by atoms with Crippen LogP contribution in [-0.4, -0.2) is 43.1 Å². The molecule has 2 aromatic heterocycles. The van der Waals surface area contributed by atoms with E-state index in [-0.39, 0.29) is 52.8 Å². The number of hydrogen-bond donors (Lipinski definition) is 1. The molecule has 1 atom stereocenters. The molecule has 3 heterocycles. The van der Waals surface area contributed by atoms with Crippen LogP contribution < -0.4 is 10.5 Å². The predicted molar refractivity (Wildman–Crippen MR) is 145 cm³/mol. The fourth-order valence-corrected chi connectivity index (χ4v) is 4.93.